The first-order valence-electron chi connectivity index (χ1n) is 7.33. The van der Waals surface area contributed by atoms with Gasteiger partial charge < -0.3 is 0 Å². The summed E-state index contributed by atoms with van der Waals surface area (Å²) in [4.78, 5) is 12.2. The summed E-state index contributed by atoms with van der Waals surface area (Å²) in [6.45, 7) is 3.96. The molecule has 0 saturated heterocycles. The Morgan fingerprint density at radius 2 is 2.00 bits per heavy atom. The molecule has 7 heteroatoms. The van der Waals surface area contributed by atoms with Gasteiger partial charge in [0.1, 0.15) is 5.82 Å². The molecule has 1 aromatic heterocycles. The molecule has 0 radical (unpaired) electrons. The number of tetrazole rings is 1. The Labute approximate surface area is 142 Å². The van der Waals surface area contributed by atoms with Crippen LogP contribution in [0.2, 0.25) is 0 Å². The highest BCUT2D eigenvalue weighted by atomic mass is 32.2. The zero-order valence-corrected chi connectivity index (χ0v) is 14.0. The summed E-state index contributed by atoms with van der Waals surface area (Å²) in [5, 5.41) is 12.2. The van der Waals surface area contributed by atoms with Crippen molar-refractivity contribution < 1.29 is 9.18 Å². The molecule has 0 bridgehead atoms. The number of hydrogen-bond acceptors (Lipinski definition) is 5. The predicted molar refractivity (Wildman–Crippen MR) is 90.1 cm³/mol. The molecule has 5 nitrogen and oxygen atoms in total. The van der Waals surface area contributed by atoms with Crippen LogP contribution in [-0.2, 0) is 0 Å². The molecular formula is C17H15FN4OS. The standard InChI is InChI=1S/C17H15FN4OS/c1-11-7-8-12(2)15(9-11)22-17(19-20-21-22)24-10-16(23)13-5-3-4-6-14(13)18/h3-9H,10H2,1-2H3. The van der Waals surface area contributed by atoms with Crippen molar-refractivity contribution in [3.63, 3.8) is 0 Å². The van der Waals surface area contributed by atoms with E-state index in [1.807, 2.05) is 32.0 Å². The Bertz CT molecular complexity index is 894. The highest BCUT2D eigenvalue weighted by Gasteiger charge is 2.16. The summed E-state index contributed by atoms with van der Waals surface area (Å²) in [6, 6.07) is 11.9. The van der Waals surface area contributed by atoms with Crippen LogP contribution in [0, 0.1) is 19.7 Å². The van der Waals surface area contributed by atoms with E-state index in [1.54, 1.807) is 16.8 Å². The van der Waals surface area contributed by atoms with Gasteiger partial charge in [-0.05, 0) is 53.6 Å². The van der Waals surface area contributed by atoms with Crippen molar-refractivity contribution in [3.05, 3.63) is 65.0 Å². The maximum Gasteiger partial charge on any atom is 0.214 e. The van der Waals surface area contributed by atoms with Gasteiger partial charge in [0.2, 0.25) is 5.16 Å². The fraction of sp³-hybridized carbons (Fsp3) is 0.176. The Kier molecular flexibility index (Phi) is 4.71. The minimum atomic E-state index is -0.516. The zero-order chi connectivity index (χ0) is 17.1. The van der Waals surface area contributed by atoms with Crippen molar-refractivity contribution in [2.45, 2.75) is 19.0 Å². The lowest BCUT2D eigenvalue weighted by Gasteiger charge is -2.08. The van der Waals surface area contributed by atoms with Crippen LogP contribution < -0.4 is 0 Å². The molecule has 24 heavy (non-hydrogen) atoms. The van der Waals surface area contributed by atoms with Crippen LogP contribution in [0.4, 0.5) is 4.39 Å². The quantitative estimate of drug-likeness (QED) is 0.525. The van der Waals surface area contributed by atoms with E-state index in [9.17, 15) is 9.18 Å². The number of halogens is 1. The van der Waals surface area contributed by atoms with Gasteiger partial charge in [0.25, 0.3) is 0 Å². The summed E-state index contributed by atoms with van der Waals surface area (Å²) in [5.74, 6) is -0.752. The lowest BCUT2D eigenvalue weighted by Crippen LogP contribution is -2.07. The normalized spacial score (nSPS) is 10.8. The fourth-order valence-corrected chi connectivity index (χ4v) is 3.03. The average molecular weight is 342 g/mol. The Hall–Kier alpha value is -2.54. The molecule has 0 spiro atoms. The van der Waals surface area contributed by atoms with Gasteiger partial charge in [0.15, 0.2) is 5.78 Å². The van der Waals surface area contributed by atoms with Crippen LogP contribution in [-0.4, -0.2) is 31.7 Å². The third kappa shape index (κ3) is 3.35. The van der Waals surface area contributed by atoms with Crippen LogP contribution in [0.25, 0.3) is 5.69 Å². The fourth-order valence-electron chi connectivity index (χ4n) is 2.26. The van der Waals surface area contributed by atoms with E-state index in [0.717, 1.165) is 16.8 Å². The van der Waals surface area contributed by atoms with Gasteiger partial charge in [0.05, 0.1) is 17.0 Å². The molecule has 3 rings (SSSR count). The summed E-state index contributed by atoms with van der Waals surface area (Å²) < 4.78 is 15.3. The Balaban J connectivity index is 1.81. The molecule has 0 aliphatic carbocycles. The summed E-state index contributed by atoms with van der Waals surface area (Å²) >= 11 is 1.19. The molecule has 0 unspecified atom stereocenters. The van der Waals surface area contributed by atoms with E-state index < -0.39 is 5.82 Å². The number of hydrogen-bond donors (Lipinski definition) is 0. The van der Waals surface area contributed by atoms with Gasteiger partial charge in [-0.25, -0.2) is 4.39 Å². The molecular weight excluding hydrogens is 327 g/mol. The van der Waals surface area contributed by atoms with E-state index >= 15 is 0 Å². The lowest BCUT2D eigenvalue weighted by atomic mass is 10.1. The SMILES string of the molecule is Cc1ccc(C)c(-n2nnnc2SCC(=O)c2ccccc2F)c1. The summed E-state index contributed by atoms with van der Waals surface area (Å²) in [6.07, 6.45) is 0. The van der Waals surface area contributed by atoms with Gasteiger partial charge in [-0.2, -0.15) is 4.68 Å². The van der Waals surface area contributed by atoms with Crippen LogP contribution >= 0.6 is 11.8 Å². The molecule has 2 aromatic carbocycles. The molecule has 122 valence electrons. The highest BCUT2D eigenvalue weighted by Crippen LogP contribution is 2.22. The molecule has 0 N–H and O–H groups in total. The van der Waals surface area contributed by atoms with Gasteiger partial charge in [-0.3, -0.25) is 4.79 Å². The maximum absolute atomic E-state index is 13.7. The largest absolute Gasteiger partial charge is 0.293 e. The smallest absolute Gasteiger partial charge is 0.214 e. The summed E-state index contributed by atoms with van der Waals surface area (Å²) in [7, 11) is 0. The Morgan fingerprint density at radius 3 is 2.79 bits per heavy atom. The zero-order valence-electron chi connectivity index (χ0n) is 13.2. The topological polar surface area (TPSA) is 60.7 Å². The third-order valence-electron chi connectivity index (χ3n) is 3.54. The second kappa shape index (κ2) is 6.92. The van der Waals surface area contributed by atoms with Crippen LogP contribution in [0.1, 0.15) is 21.5 Å². The van der Waals surface area contributed by atoms with Gasteiger partial charge in [-0.15, -0.1) is 5.10 Å². The van der Waals surface area contributed by atoms with Crippen molar-refractivity contribution in [1.82, 2.24) is 20.2 Å². The van der Waals surface area contributed by atoms with E-state index in [-0.39, 0.29) is 17.1 Å². The predicted octanol–water partition coefficient (Wildman–Crippen LogP) is 3.39. The first kappa shape index (κ1) is 16.3. The van der Waals surface area contributed by atoms with Crippen molar-refractivity contribution in [3.8, 4) is 5.69 Å². The number of benzene rings is 2. The number of rotatable bonds is 5. The van der Waals surface area contributed by atoms with Gasteiger partial charge in [0, 0.05) is 0 Å². The van der Waals surface area contributed by atoms with E-state index in [1.165, 1.54) is 23.9 Å². The molecule has 0 aliphatic rings. The second-order valence-corrected chi connectivity index (χ2v) is 6.30. The molecule has 3 aromatic rings. The number of nitrogens with zero attached hydrogens (tertiary/aromatic N) is 4. The molecule has 0 fully saturated rings. The number of ketones is 1. The monoisotopic (exact) mass is 342 g/mol. The second-order valence-electron chi connectivity index (χ2n) is 5.35. The van der Waals surface area contributed by atoms with Gasteiger partial charge >= 0.3 is 0 Å². The van der Waals surface area contributed by atoms with Crippen LogP contribution in [0.15, 0.2) is 47.6 Å². The average Bonchev–Trinajstić information content (AvgIpc) is 3.03. The minimum Gasteiger partial charge on any atom is -0.293 e. The molecule has 1 heterocycles. The first-order valence-corrected chi connectivity index (χ1v) is 8.31. The highest BCUT2D eigenvalue weighted by molar-refractivity contribution is 7.99. The minimum absolute atomic E-state index is 0.0617. The third-order valence-corrected chi connectivity index (χ3v) is 4.46. The maximum atomic E-state index is 13.7. The number of thioether (sulfide) groups is 1. The summed E-state index contributed by atoms with van der Waals surface area (Å²) in [5.41, 5.74) is 3.05. The van der Waals surface area contributed by atoms with E-state index in [2.05, 4.69) is 15.5 Å². The number of carbonyl (C=O) groups is 1. The van der Waals surface area contributed by atoms with Crippen molar-refractivity contribution in [1.29, 1.82) is 0 Å². The molecule has 0 saturated carbocycles. The van der Waals surface area contributed by atoms with Crippen molar-refractivity contribution >= 4 is 17.5 Å². The van der Waals surface area contributed by atoms with Gasteiger partial charge in [-0.1, -0.05) is 36.0 Å². The Morgan fingerprint density at radius 1 is 1.21 bits per heavy atom. The van der Waals surface area contributed by atoms with Crippen molar-refractivity contribution in [2.24, 2.45) is 0 Å². The number of Topliss-reactive ketones (excluding diaryl/α,β-unsaturated/α-hetero) is 1. The van der Waals surface area contributed by atoms with Crippen molar-refractivity contribution in [2.75, 3.05) is 5.75 Å². The van der Waals surface area contributed by atoms with Crippen LogP contribution in [0.3, 0.4) is 0 Å². The molecule has 0 aliphatic heterocycles. The number of aromatic nitrogens is 4. The number of carbonyl (C=O) groups excluding carboxylic acids is 1. The number of aryl methyl sites for hydroxylation is 2. The molecule has 0 amide bonds. The van der Waals surface area contributed by atoms with Crippen LogP contribution in [0.5, 0.6) is 0 Å². The van der Waals surface area contributed by atoms with E-state index in [0.29, 0.717) is 5.16 Å². The van der Waals surface area contributed by atoms with E-state index in [4.69, 9.17) is 0 Å². The first-order chi connectivity index (χ1) is 11.6. The lowest BCUT2D eigenvalue weighted by molar-refractivity contribution is 0.101. The molecule has 0 atom stereocenters.